The lowest BCUT2D eigenvalue weighted by Gasteiger charge is -2.38. The molecule has 38 heavy (non-hydrogen) atoms. The van der Waals surface area contributed by atoms with Crippen molar-refractivity contribution in [3.05, 3.63) is 52.4 Å². The highest BCUT2D eigenvalue weighted by Crippen LogP contribution is 2.32. The average Bonchev–Trinajstić information content (AvgIpc) is 2.85. The van der Waals surface area contributed by atoms with Crippen LogP contribution in [0.25, 0.3) is 0 Å². The van der Waals surface area contributed by atoms with Gasteiger partial charge in [0.15, 0.2) is 0 Å². The molecule has 0 spiro atoms. The van der Waals surface area contributed by atoms with Gasteiger partial charge in [0.25, 0.3) is 11.5 Å². The number of hydrogen-bond acceptors (Lipinski definition) is 7. The van der Waals surface area contributed by atoms with Gasteiger partial charge in [-0.3, -0.25) is 14.3 Å². The summed E-state index contributed by atoms with van der Waals surface area (Å²) in [6.07, 6.45) is 3.27. The summed E-state index contributed by atoms with van der Waals surface area (Å²) in [7, 11) is -5.03. The molecule has 0 bridgehead atoms. The van der Waals surface area contributed by atoms with E-state index in [-0.39, 0.29) is 23.4 Å². The van der Waals surface area contributed by atoms with Crippen LogP contribution in [0.3, 0.4) is 0 Å². The minimum absolute atomic E-state index is 0.00533. The van der Waals surface area contributed by atoms with Crippen molar-refractivity contribution in [2.45, 2.75) is 57.1 Å². The first-order valence-electron chi connectivity index (χ1n) is 13.1. The molecule has 2 fully saturated rings. The van der Waals surface area contributed by atoms with Crippen molar-refractivity contribution in [1.82, 2.24) is 4.57 Å². The predicted octanol–water partition coefficient (Wildman–Crippen LogP) is 3.10. The molecule has 3 N–H and O–H groups in total. The lowest BCUT2D eigenvalue weighted by Crippen LogP contribution is -2.43. The molecule has 10 nitrogen and oxygen atoms in total. The summed E-state index contributed by atoms with van der Waals surface area (Å²) in [5.41, 5.74) is 1.24. The maximum absolute atomic E-state index is 13.5. The second kappa shape index (κ2) is 11.6. The van der Waals surface area contributed by atoms with Crippen LogP contribution < -0.4 is 20.5 Å². The van der Waals surface area contributed by atoms with Gasteiger partial charge < -0.3 is 24.6 Å². The van der Waals surface area contributed by atoms with Crippen LogP contribution in [0.1, 0.15) is 36.2 Å². The lowest BCUT2D eigenvalue weighted by atomic mass is 10.0. The fourth-order valence-corrected chi connectivity index (χ4v) is 7.89. The number of nitrogens with one attached hydrogen (secondary N) is 2. The maximum Gasteiger partial charge on any atom is 0.274 e. The van der Waals surface area contributed by atoms with Gasteiger partial charge in [0.05, 0.1) is 43.5 Å². The van der Waals surface area contributed by atoms with Crippen molar-refractivity contribution in [3.63, 3.8) is 0 Å². The molecule has 2 saturated heterocycles. The highest BCUT2D eigenvalue weighted by Gasteiger charge is 2.30. The Hall–Kier alpha value is -2.67. The number of hydrogen-bond donors (Lipinski definition) is 3. The molecular weight excluding hydrogens is 524 g/mol. The summed E-state index contributed by atoms with van der Waals surface area (Å²) in [4.78, 5) is 28.9. The van der Waals surface area contributed by atoms with E-state index >= 15 is 0 Å². The first-order chi connectivity index (χ1) is 18.0. The number of nitrogens with zero attached hydrogens (tertiary/aromatic N) is 2. The highest BCUT2D eigenvalue weighted by molar-refractivity contribution is 7.92. The van der Waals surface area contributed by atoms with E-state index in [1.165, 1.54) is 6.07 Å². The first-order valence-corrected chi connectivity index (χ1v) is 18.2. The molecule has 3 heterocycles. The third-order valence-corrected chi connectivity index (χ3v) is 11.8. The quantitative estimate of drug-likeness (QED) is 0.422. The summed E-state index contributed by atoms with van der Waals surface area (Å²) in [5.74, 6) is -0.845. The minimum Gasteiger partial charge on any atom is -0.395 e. The van der Waals surface area contributed by atoms with E-state index in [2.05, 4.69) is 28.0 Å². The van der Waals surface area contributed by atoms with Gasteiger partial charge in [-0.2, -0.15) is 0 Å². The van der Waals surface area contributed by atoms with Gasteiger partial charge in [-0.15, -0.1) is 0 Å². The fourth-order valence-electron chi connectivity index (χ4n) is 5.06. The number of aliphatic hydroxyl groups excluding tert-OH is 1. The first kappa shape index (κ1) is 28.3. The number of amides is 1. The van der Waals surface area contributed by atoms with Crippen molar-refractivity contribution in [2.75, 3.05) is 47.0 Å². The van der Waals surface area contributed by atoms with Crippen molar-refractivity contribution < 1.29 is 23.1 Å². The summed E-state index contributed by atoms with van der Waals surface area (Å²) in [6, 6.07) is 10.3. The van der Waals surface area contributed by atoms with E-state index in [1.807, 2.05) is 6.92 Å². The monoisotopic (exact) mass is 562 g/mol. The van der Waals surface area contributed by atoms with Gasteiger partial charge in [-0.05, 0) is 62.2 Å². The summed E-state index contributed by atoms with van der Waals surface area (Å²) < 4.78 is 34.3. The van der Waals surface area contributed by atoms with E-state index in [0.29, 0.717) is 23.5 Å². The van der Waals surface area contributed by atoms with Gasteiger partial charge in [0, 0.05) is 31.9 Å². The molecule has 2 aliphatic rings. The van der Waals surface area contributed by atoms with Crippen LogP contribution in [0.5, 0.6) is 0 Å². The van der Waals surface area contributed by atoms with Crippen LogP contribution in [0.2, 0.25) is 25.2 Å². The molecular formula is C26H38N4O6SSi. The molecule has 2 aliphatic heterocycles. The van der Waals surface area contributed by atoms with Gasteiger partial charge >= 0.3 is 0 Å². The van der Waals surface area contributed by atoms with Crippen molar-refractivity contribution in [2.24, 2.45) is 0 Å². The smallest absolute Gasteiger partial charge is 0.274 e. The third-order valence-electron chi connectivity index (χ3n) is 7.41. The van der Waals surface area contributed by atoms with E-state index in [1.54, 1.807) is 35.0 Å². The number of carbonyl (C=O) groups is 1. The molecule has 2 atom stereocenters. The van der Waals surface area contributed by atoms with E-state index in [4.69, 9.17) is 9.84 Å². The predicted molar refractivity (Wildman–Crippen MR) is 153 cm³/mol. The van der Waals surface area contributed by atoms with E-state index < -0.39 is 36.4 Å². The zero-order valence-corrected chi connectivity index (χ0v) is 24.1. The van der Waals surface area contributed by atoms with Gasteiger partial charge in [-0.25, -0.2) is 8.42 Å². The molecule has 12 heteroatoms. The van der Waals surface area contributed by atoms with Gasteiger partial charge in [-0.1, -0.05) is 13.1 Å². The van der Waals surface area contributed by atoms with Gasteiger partial charge in [0.2, 0.25) is 10.0 Å². The molecule has 0 saturated carbocycles. The number of aliphatic hydroxyl groups is 1. The Balaban J connectivity index is 1.63. The Kier molecular flexibility index (Phi) is 8.65. The number of benzene rings is 1. The van der Waals surface area contributed by atoms with Crippen molar-refractivity contribution in [1.29, 1.82) is 0 Å². The van der Waals surface area contributed by atoms with Crippen LogP contribution in [-0.4, -0.2) is 70.2 Å². The molecule has 1 aromatic heterocycles. The number of anilines is 3. The molecule has 208 valence electrons. The number of ether oxygens (including phenoxy) is 1. The Morgan fingerprint density at radius 3 is 2.63 bits per heavy atom. The Bertz CT molecular complexity index is 1320. The third kappa shape index (κ3) is 6.85. The van der Waals surface area contributed by atoms with Crippen LogP contribution in [0.15, 0.2) is 41.3 Å². The molecule has 0 radical (unpaired) electrons. The molecule has 4 rings (SSSR count). The number of rotatable bonds is 8. The zero-order chi connectivity index (χ0) is 27.5. The summed E-state index contributed by atoms with van der Waals surface area (Å²) >= 11 is 0. The molecule has 1 aromatic carbocycles. The molecule has 1 amide bonds. The second-order valence-corrected chi connectivity index (χ2v) is 18.1. The fraction of sp³-hybridized carbons (Fsp3) is 0.538. The average molecular weight is 563 g/mol. The molecule has 0 aliphatic carbocycles. The second-order valence-electron chi connectivity index (χ2n) is 11.0. The number of carbonyl (C=O) groups excluding carboxylic acids is 1. The number of aromatic nitrogens is 1. The Labute approximate surface area is 225 Å². The maximum atomic E-state index is 13.5. The van der Waals surface area contributed by atoms with Crippen molar-refractivity contribution >= 4 is 41.1 Å². The van der Waals surface area contributed by atoms with E-state index in [0.717, 1.165) is 38.0 Å². The highest BCUT2D eigenvalue weighted by atomic mass is 32.2. The van der Waals surface area contributed by atoms with Crippen LogP contribution >= 0.6 is 0 Å². The number of pyridine rings is 1. The summed E-state index contributed by atoms with van der Waals surface area (Å²) in [5, 5.41) is 11.9. The number of sulfonamides is 1. The minimum atomic E-state index is -3.72. The van der Waals surface area contributed by atoms with E-state index in [9.17, 15) is 18.0 Å². The van der Waals surface area contributed by atoms with Gasteiger partial charge in [0.1, 0.15) is 5.69 Å². The standard InChI is InChI=1S/C26H38N4O6SSi/c1-19-17-21(8-13-36-19)30-9-4-5-23(26(30)33)27-25(32)22-7-6-20(28-37(34,35)14-12-31)18-24(22)29-10-15-38(2,3)16-11-29/h4-7,9,18-19,21,28,31H,8,10-17H2,1-3H3,(H,27,32). The SMILES string of the molecule is CC1CC(n2cccc(NC(=O)c3ccc(NS(=O)(=O)CCO)cc3N3CC[Si](C)(C)CC3)c2=O)CCO1. The molecule has 2 unspecified atom stereocenters. The van der Waals surface area contributed by atoms with Crippen LogP contribution in [-0.2, 0) is 14.8 Å². The normalized spacial score (nSPS) is 21.6. The Morgan fingerprint density at radius 1 is 1.21 bits per heavy atom. The zero-order valence-electron chi connectivity index (χ0n) is 22.3. The van der Waals surface area contributed by atoms with Crippen LogP contribution in [0, 0.1) is 0 Å². The Morgan fingerprint density at radius 2 is 1.95 bits per heavy atom. The lowest BCUT2D eigenvalue weighted by molar-refractivity contribution is 0.00531. The van der Waals surface area contributed by atoms with Crippen LogP contribution in [0.4, 0.5) is 17.1 Å². The molecule has 2 aromatic rings. The topological polar surface area (TPSA) is 130 Å². The largest absolute Gasteiger partial charge is 0.395 e. The van der Waals surface area contributed by atoms with Crippen molar-refractivity contribution in [3.8, 4) is 0 Å². The summed E-state index contributed by atoms with van der Waals surface area (Å²) in [6.45, 7) is 8.31.